The van der Waals surface area contributed by atoms with Gasteiger partial charge in [-0.1, -0.05) is 26.0 Å². The minimum absolute atomic E-state index is 0.0482. The van der Waals surface area contributed by atoms with Crippen molar-refractivity contribution in [2.24, 2.45) is 5.92 Å². The van der Waals surface area contributed by atoms with Gasteiger partial charge in [0.1, 0.15) is 6.04 Å². The Labute approximate surface area is 132 Å². The highest BCUT2D eigenvalue weighted by molar-refractivity contribution is 7.89. The van der Waals surface area contributed by atoms with Crippen LogP contribution < -0.4 is 4.72 Å². The van der Waals surface area contributed by atoms with Gasteiger partial charge >= 0.3 is 12.1 Å². The highest BCUT2D eigenvalue weighted by Gasteiger charge is 2.29. The lowest BCUT2D eigenvalue weighted by molar-refractivity contribution is -0.139. The molecule has 0 unspecified atom stereocenters. The van der Waals surface area contributed by atoms with Crippen LogP contribution in [0.3, 0.4) is 0 Å². The zero-order valence-electron chi connectivity index (χ0n) is 12.6. The van der Waals surface area contributed by atoms with Crippen molar-refractivity contribution in [3.63, 3.8) is 0 Å². The fourth-order valence-electron chi connectivity index (χ4n) is 1.94. The maximum absolute atomic E-state index is 12.3. The quantitative estimate of drug-likeness (QED) is 0.789. The number of carbonyl (C=O) groups is 1. The number of carboxylic acids is 1. The second-order valence-electron chi connectivity index (χ2n) is 5.58. The number of hydrogen-bond acceptors (Lipinski definition) is 3. The van der Waals surface area contributed by atoms with E-state index in [1.807, 2.05) is 0 Å². The molecular formula is C14H18F3NO4S. The Balaban J connectivity index is 2.93. The van der Waals surface area contributed by atoms with Crippen LogP contribution in [0.15, 0.2) is 29.2 Å². The van der Waals surface area contributed by atoms with Gasteiger partial charge in [0.15, 0.2) is 0 Å². The molecule has 1 rings (SSSR count). The number of benzene rings is 1. The third-order valence-corrected chi connectivity index (χ3v) is 4.43. The van der Waals surface area contributed by atoms with Gasteiger partial charge in [0, 0.05) is 0 Å². The van der Waals surface area contributed by atoms with E-state index in [2.05, 4.69) is 4.72 Å². The van der Waals surface area contributed by atoms with Crippen LogP contribution in [-0.2, 0) is 21.2 Å². The number of rotatable bonds is 7. The van der Waals surface area contributed by atoms with E-state index in [0.717, 1.165) is 24.3 Å². The van der Waals surface area contributed by atoms with E-state index in [4.69, 9.17) is 5.11 Å². The van der Waals surface area contributed by atoms with Crippen molar-refractivity contribution in [2.45, 2.75) is 43.8 Å². The van der Waals surface area contributed by atoms with Gasteiger partial charge in [-0.3, -0.25) is 4.79 Å². The van der Waals surface area contributed by atoms with Crippen molar-refractivity contribution in [1.82, 2.24) is 4.72 Å². The lowest BCUT2D eigenvalue weighted by atomic mass is 10.1. The molecule has 0 aliphatic heterocycles. The Morgan fingerprint density at radius 1 is 1.22 bits per heavy atom. The number of halogens is 3. The van der Waals surface area contributed by atoms with E-state index in [1.54, 1.807) is 13.8 Å². The van der Waals surface area contributed by atoms with E-state index in [9.17, 15) is 26.4 Å². The summed E-state index contributed by atoms with van der Waals surface area (Å²) in [7, 11) is -4.12. The first kappa shape index (κ1) is 19.4. The largest absolute Gasteiger partial charge is 0.480 e. The Morgan fingerprint density at radius 3 is 2.13 bits per heavy atom. The molecule has 0 aromatic heterocycles. The normalized spacial score (nSPS) is 14.0. The summed E-state index contributed by atoms with van der Waals surface area (Å²) in [6.07, 6.45) is -5.45. The second kappa shape index (κ2) is 7.31. The van der Waals surface area contributed by atoms with Crippen LogP contribution in [0.4, 0.5) is 13.2 Å². The first-order valence-electron chi connectivity index (χ1n) is 6.81. The monoisotopic (exact) mass is 353 g/mol. The number of sulfonamides is 1. The van der Waals surface area contributed by atoms with Gasteiger partial charge in [0.25, 0.3) is 0 Å². The number of aliphatic carboxylic acids is 1. The fraction of sp³-hybridized carbons (Fsp3) is 0.500. The van der Waals surface area contributed by atoms with Crippen molar-refractivity contribution in [3.05, 3.63) is 29.8 Å². The van der Waals surface area contributed by atoms with Crippen LogP contribution in [-0.4, -0.2) is 31.7 Å². The standard InChI is InChI=1S/C14H18F3NO4S/c1-9(2)7-12(13(19)20)18-23(21,22)11-5-3-10(4-6-11)8-14(15,16)17/h3-6,9,12,18H,7-8H2,1-2H3,(H,19,20)/t12-/m1/s1. The highest BCUT2D eigenvalue weighted by Crippen LogP contribution is 2.22. The first-order valence-corrected chi connectivity index (χ1v) is 8.30. The Kier molecular flexibility index (Phi) is 6.18. The Hall–Kier alpha value is -1.61. The molecule has 0 spiro atoms. The average Bonchev–Trinajstić information content (AvgIpc) is 2.35. The van der Waals surface area contributed by atoms with Crippen LogP contribution in [0, 0.1) is 5.92 Å². The van der Waals surface area contributed by atoms with Crippen molar-refractivity contribution >= 4 is 16.0 Å². The third-order valence-electron chi connectivity index (χ3n) is 2.94. The molecule has 0 saturated carbocycles. The number of carboxylic acid groups (broad SMARTS) is 1. The Morgan fingerprint density at radius 2 is 1.74 bits per heavy atom. The first-order chi connectivity index (χ1) is 10.4. The molecule has 0 heterocycles. The van der Waals surface area contributed by atoms with Crippen LogP contribution in [0.1, 0.15) is 25.8 Å². The molecule has 1 atom stereocenters. The minimum Gasteiger partial charge on any atom is -0.480 e. The molecule has 130 valence electrons. The number of hydrogen-bond donors (Lipinski definition) is 2. The summed E-state index contributed by atoms with van der Waals surface area (Å²) in [4.78, 5) is 10.8. The van der Waals surface area contributed by atoms with Gasteiger partial charge in [-0.2, -0.15) is 17.9 Å². The zero-order valence-corrected chi connectivity index (χ0v) is 13.4. The molecule has 0 aliphatic rings. The topological polar surface area (TPSA) is 83.5 Å². The fourth-order valence-corrected chi connectivity index (χ4v) is 3.15. The van der Waals surface area contributed by atoms with Gasteiger partial charge in [-0.25, -0.2) is 8.42 Å². The van der Waals surface area contributed by atoms with E-state index in [-0.39, 0.29) is 22.8 Å². The lowest BCUT2D eigenvalue weighted by Gasteiger charge is -2.16. The molecule has 0 saturated heterocycles. The summed E-state index contributed by atoms with van der Waals surface area (Å²) in [5.41, 5.74) is -0.0755. The second-order valence-corrected chi connectivity index (χ2v) is 7.29. The molecule has 1 aromatic rings. The molecule has 9 heteroatoms. The molecule has 0 aliphatic carbocycles. The van der Waals surface area contributed by atoms with Gasteiger partial charge in [0.2, 0.25) is 10.0 Å². The van der Waals surface area contributed by atoms with Crippen LogP contribution in [0.5, 0.6) is 0 Å². The van der Waals surface area contributed by atoms with E-state index < -0.39 is 34.6 Å². The van der Waals surface area contributed by atoms with Crippen molar-refractivity contribution in [2.75, 3.05) is 0 Å². The molecule has 2 N–H and O–H groups in total. The Bertz CT molecular complexity index is 639. The molecule has 5 nitrogen and oxygen atoms in total. The van der Waals surface area contributed by atoms with E-state index in [0.29, 0.717) is 0 Å². The summed E-state index contributed by atoms with van der Waals surface area (Å²) in [5, 5.41) is 9.05. The minimum atomic E-state index is -4.38. The molecule has 0 bridgehead atoms. The summed E-state index contributed by atoms with van der Waals surface area (Å²) in [6.45, 7) is 3.49. The van der Waals surface area contributed by atoms with Crippen molar-refractivity contribution in [3.8, 4) is 0 Å². The molecule has 0 amide bonds. The van der Waals surface area contributed by atoms with Gasteiger partial charge in [0.05, 0.1) is 11.3 Å². The predicted molar refractivity (Wildman–Crippen MR) is 77.4 cm³/mol. The average molecular weight is 353 g/mol. The maximum Gasteiger partial charge on any atom is 0.393 e. The maximum atomic E-state index is 12.3. The molecule has 1 aromatic carbocycles. The molecule has 23 heavy (non-hydrogen) atoms. The highest BCUT2D eigenvalue weighted by atomic mass is 32.2. The van der Waals surface area contributed by atoms with Crippen molar-refractivity contribution < 1.29 is 31.5 Å². The number of alkyl halides is 3. The lowest BCUT2D eigenvalue weighted by Crippen LogP contribution is -2.41. The number of nitrogens with one attached hydrogen (secondary N) is 1. The molecule has 0 fully saturated rings. The van der Waals surface area contributed by atoms with E-state index in [1.165, 1.54) is 0 Å². The summed E-state index contributed by atoms with van der Waals surface area (Å²) < 4.78 is 63.1. The van der Waals surface area contributed by atoms with E-state index >= 15 is 0 Å². The predicted octanol–water partition coefficient (Wildman–Crippen LogP) is 2.57. The molecular weight excluding hydrogens is 335 g/mol. The summed E-state index contributed by atoms with van der Waals surface area (Å²) >= 11 is 0. The van der Waals surface area contributed by atoms with Crippen LogP contribution >= 0.6 is 0 Å². The summed E-state index contributed by atoms with van der Waals surface area (Å²) in [6, 6.07) is 2.87. The van der Waals surface area contributed by atoms with Gasteiger partial charge < -0.3 is 5.11 Å². The smallest absolute Gasteiger partial charge is 0.393 e. The SMILES string of the molecule is CC(C)C[C@@H](NS(=O)(=O)c1ccc(CC(F)(F)F)cc1)C(=O)O. The summed E-state index contributed by atoms with van der Waals surface area (Å²) in [5.74, 6) is -1.36. The van der Waals surface area contributed by atoms with Crippen molar-refractivity contribution in [1.29, 1.82) is 0 Å². The molecule has 0 radical (unpaired) electrons. The zero-order chi connectivity index (χ0) is 17.8. The van der Waals surface area contributed by atoms with Gasteiger partial charge in [-0.05, 0) is 30.0 Å². The van der Waals surface area contributed by atoms with Crippen LogP contribution in [0.25, 0.3) is 0 Å². The van der Waals surface area contributed by atoms with Crippen LogP contribution in [0.2, 0.25) is 0 Å². The van der Waals surface area contributed by atoms with Gasteiger partial charge in [-0.15, -0.1) is 0 Å². The third kappa shape index (κ3) is 6.57.